The van der Waals surface area contributed by atoms with E-state index in [1.807, 2.05) is 6.92 Å². The van der Waals surface area contributed by atoms with E-state index in [0.29, 0.717) is 11.5 Å². The van der Waals surface area contributed by atoms with E-state index in [2.05, 4.69) is 30.6 Å². The second kappa shape index (κ2) is 13.1. The number of carbonyl (C=O) groups is 2. The standard InChI is InChI=1S/C31H31ClF3N11O4/c1-5-21-26(43-8-10-44(11-9-43)30(50)25-27(48)17(3)36-15-37-25)28(49)24-29(41-46(40-24)22-12-16(2)42(4)39-22)45(21)14-23(47)38-20-7-6-18(13-19(20)32)31(33,34)35/h6-7,12-13,15,48H,5,8-11,14H2,1-4H3,(H,38,47). The fourth-order valence-electron chi connectivity index (χ4n) is 5.76. The Kier molecular flexibility index (Phi) is 8.98. The zero-order valence-electron chi connectivity index (χ0n) is 27.3. The number of aromatic hydroxyl groups is 1. The van der Waals surface area contributed by atoms with Gasteiger partial charge in [-0.2, -0.15) is 18.3 Å². The fourth-order valence-corrected chi connectivity index (χ4v) is 5.98. The van der Waals surface area contributed by atoms with Gasteiger partial charge in [-0.1, -0.05) is 18.5 Å². The molecule has 0 saturated carbocycles. The van der Waals surface area contributed by atoms with Gasteiger partial charge in [0.25, 0.3) is 5.91 Å². The van der Waals surface area contributed by atoms with Crippen molar-refractivity contribution >= 4 is 46.0 Å². The quantitative estimate of drug-likeness (QED) is 0.255. The molecule has 0 unspecified atom stereocenters. The van der Waals surface area contributed by atoms with Crippen LogP contribution in [0, 0.1) is 13.8 Å². The molecule has 1 saturated heterocycles. The lowest BCUT2D eigenvalue weighted by Gasteiger charge is -2.36. The number of halogens is 4. The van der Waals surface area contributed by atoms with Gasteiger partial charge in [0.1, 0.15) is 18.6 Å². The Bertz CT molecular complexity index is 2180. The second-order valence-corrected chi connectivity index (χ2v) is 12.1. The maximum atomic E-state index is 14.2. The monoisotopic (exact) mass is 713 g/mol. The van der Waals surface area contributed by atoms with Crippen LogP contribution in [0.4, 0.5) is 24.5 Å². The molecule has 0 atom stereocenters. The molecule has 2 amide bonds. The van der Waals surface area contributed by atoms with Crippen LogP contribution in [0.3, 0.4) is 0 Å². The van der Waals surface area contributed by atoms with Crippen molar-refractivity contribution in [3.63, 3.8) is 0 Å². The van der Waals surface area contributed by atoms with Gasteiger partial charge in [0.05, 0.1) is 22.0 Å². The number of carbonyl (C=O) groups excluding carboxylic acids is 2. The second-order valence-electron chi connectivity index (χ2n) is 11.7. The lowest BCUT2D eigenvalue weighted by atomic mass is 10.1. The maximum Gasteiger partial charge on any atom is 0.416 e. The first kappa shape index (κ1) is 34.3. The van der Waals surface area contributed by atoms with Crippen molar-refractivity contribution < 1.29 is 27.9 Å². The number of anilines is 2. The van der Waals surface area contributed by atoms with Crippen LogP contribution >= 0.6 is 11.6 Å². The van der Waals surface area contributed by atoms with Crippen LogP contribution < -0.4 is 15.6 Å². The van der Waals surface area contributed by atoms with E-state index < -0.39 is 35.5 Å². The Morgan fingerprint density at radius 1 is 1.04 bits per heavy atom. The third kappa shape index (κ3) is 6.33. The summed E-state index contributed by atoms with van der Waals surface area (Å²) in [5, 5.41) is 26.0. The van der Waals surface area contributed by atoms with Gasteiger partial charge in [0.2, 0.25) is 11.3 Å². The molecule has 1 aliphatic heterocycles. The van der Waals surface area contributed by atoms with E-state index in [0.717, 1.165) is 23.9 Å². The van der Waals surface area contributed by atoms with Crippen LogP contribution in [0.15, 0.2) is 35.4 Å². The molecule has 0 spiro atoms. The van der Waals surface area contributed by atoms with E-state index in [1.54, 1.807) is 36.5 Å². The third-order valence-corrected chi connectivity index (χ3v) is 8.80. The highest BCUT2D eigenvalue weighted by Crippen LogP contribution is 2.34. The van der Waals surface area contributed by atoms with Crippen LogP contribution in [0.5, 0.6) is 5.75 Å². The van der Waals surface area contributed by atoms with Gasteiger partial charge in [0, 0.05) is 50.7 Å². The lowest BCUT2D eigenvalue weighted by molar-refractivity contribution is -0.137. The first-order valence-corrected chi connectivity index (χ1v) is 15.8. The summed E-state index contributed by atoms with van der Waals surface area (Å²) in [5.41, 5.74) is 0.273. The Morgan fingerprint density at radius 3 is 2.38 bits per heavy atom. The minimum atomic E-state index is -4.62. The number of rotatable bonds is 7. The zero-order valence-corrected chi connectivity index (χ0v) is 28.0. The molecule has 50 heavy (non-hydrogen) atoms. The highest BCUT2D eigenvalue weighted by molar-refractivity contribution is 6.33. The molecule has 0 bridgehead atoms. The van der Waals surface area contributed by atoms with E-state index in [1.165, 1.54) is 20.6 Å². The molecule has 2 N–H and O–H groups in total. The summed E-state index contributed by atoms with van der Waals surface area (Å²) in [6.07, 6.45) is -3.14. The summed E-state index contributed by atoms with van der Waals surface area (Å²) in [6.45, 7) is 5.64. The van der Waals surface area contributed by atoms with Crippen molar-refractivity contribution in [2.24, 2.45) is 7.05 Å². The average Bonchev–Trinajstić information content (AvgIpc) is 3.67. The fraction of sp³-hybridized carbons (Fsp3) is 0.355. The van der Waals surface area contributed by atoms with Gasteiger partial charge in [0.15, 0.2) is 28.4 Å². The van der Waals surface area contributed by atoms with Crippen molar-refractivity contribution in [2.45, 2.75) is 39.9 Å². The molecule has 1 aromatic carbocycles. The number of alkyl halides is 3. The van der Waals surface area contributed by atoms with Crippen LogP contribution in [0.2, 0.25) is 5.02 Å². The number of hydrogen-bond donors (Lipinski definition) is 2. The Hall–Kier alpha value is -5.52. The minimum absolute atomic E-state index is 0.0291. The van der Waals surface area contributed by atoms with Gasteiger partial charge in [-0.25, -0.2) is 9.97 Å². The number of nitrogens with one attached hydrogen (secondary N) is 1. The van der Waals surface area contributed by atoms with E-state index in [4.69, 9.17) is 11.6 Å². The summed E-state index contributed by atoms with van der Waals surface area (Å²) < 4.78 is 42.7. The smallest absolute Gasteiger partial charge is 0.416 e. The SMILES string of the molecule is CCc1c(N2CCN(C(=O)c3ncnc(C)c3O)CC2)c(=O)c2nn(-c3cc(C)n(C)n3)nc2n1CC(=O)Nc1ccc(C(F)(F)F)cc1Cl. The van der Waals surface area contributed by atoms with Gasteiger partial charge >= 0.3 is 6.18 Å². The highest BCUT2D eigenvalue weighted by Gasteiger charge is 2.32. The average molecular weight is 714 g/mol. The predicted octanol–water partition coefficient (Wildman–Crippen LogP) is 3.26. The molecule has 1 aliphatic rings. The van der Waals surface area contributed by atoms with Crippen LogP contribution in [0.25, 0.3) is 17.0 Å². The van der Waals surface area contributed by atoms with Crippen LogP contribution in [-0.4, -0.2) is 87.3 Å². The number of piperazine rings is 1. The Morgan fingerprint density at radius 2 is 1.76 bits per heavy atom. The summed E-state index contributed by atoms with van der Waals surface area (Å²) in [4.78, 5) is 53.3. The number of hydrogen-bond acceptors (Lipinski definition) is 10. The lowest BCUT2D eigenvalue weighted by Crippen LogP contribution is -2.50. The molecular weight excluding hydrogens is 683 g/mol. The number of aryl methyl sites for hydroxylation is 3. The molecule has 15 nitrogen and oxygen atoms in total. The summed E-state index contributed by atoms with van der Waals surface area (Å²) in [5.74, 6) is -1.09. The normalized spacial score (nSPS) is 13.7. The van der Waals surface area contributed by atoms with E-state index in [-0.39, 0.29) is 77.3 Å². The number of fused-ring (bicyclic) bond motifs is 1. The third-order valence-electron chi connectivity index (χ3n) is 8.48. The Balaban J connectivity index is 1.37. The minimum Gasteiger partial charge on any atom is -0.504 e. The zero-order chi connectivity index (χ0) is 36.1. The van der Waals surface area contributed by atoms with E-state index >= 15 is 0 Å². The summed E-state index contributed by atoms with van der Waals surface area (Å²) >= 11 is 6.11. The molecule has 5 aromatic rings. The molecule has 1 fully saturated rings. The van der Waals surface area contributed by atoms with Crippen molar-refractivity contribution in [3.8, 4) is 11.6 Å². The van der Waals surface area contributed by atoms with Crippen molar-refractivity contribution in [1.29, 1.82) is 0 Å². The first-order chi connectivity index (χ1) is 23.7. The van der Waals surface area contributed by atoms with Crippen LogP contribution in [-0.2, 0) is 31.0 Å². The number of nitrogens with zero attached hydrogens (tertiary/aromatic N) is 10. The summed E-state index contributed by atoms with van der Waals surface area (Å²) in [6, 6.07) is 4.33. The van der Waals surface area contributed by atoms with E-state index in [9.17, 15) is 32.7 Å². The Labute approximate surface area is 286 Å². The number of benzene rings is 1. The van der Waals surface area contributed by atoms with Gasteiger partial charge in [-0.05, 0) is 38.5 Å². The van der Waals surface area contributed by atoms with Crippen molar-refractivity contribution in [2.75, 3.05) is 36.4 Å². The molecule has 5 heterocycles. The molecule has 6 rings (SSSR count). The maximum absolute atomic E-state index is 14.2. The first-order valence-electron chi connectivity index (χ1n) is 15.4. The molecule has 262 valence electrons. The number of amides is 2. The molecule has 0 aliphatic carbocycles. The van der Waals surface area contributed by atoms with Crippen LogP contribution in [0.1, 0.15) is 40.1 Å². The topological polar surface area (TPSA) is 169 Å². The highest BCUT2D eigenvalue weighted by atomic mass is 35.5. The number of aromatic nitrogens is 8. The molecule has 4 aromatic heterocycles. The predicted molar refractivity (Wildman–Crippen MR) is 176 cm³/mol. The van der Waals surface area contributed by atoms with Gasteiger partial charge < -0.3 is 24.8 Å². The molecular formula is C31H31ClF3N11O4. The largest absolute Gasteiger partial charge is 0.504 e. The summed E-state index contributed by atoms with van der Waals surface area (Å²) in [7, 11) is 1.74. The molecule has 0 radical (unpaired) electrons. The molecule has 19 heteroatoms. The van der Waals surface area contributed by atoms with Gasteiger partial charge in [-0.15, -0.1) is 15.0 Å². The number of pyridine rings is 1. The van der Waals surface area contributed by atoms with Gasteiger partial charge in [-0.3, -0.25) is 19.1 Å². The van der Waals surface area contributed by atoms with Crippen molar-refractivity contribution in [3.05, 3.63) is 74.2 Å². The van der Waals surface area contributed by atoms with Crippen molar-refractivity contribution in [1.82, 2.24) is 44.2 Å².